The highest BCUT2D eigenvalue weighted by atomic mass is 32.2. The molecule has 3 aliphatic carbocycles. The third-order valence-corrected chi connectivity index (χ3v) is 22.6. The second-order valence-electron chi connectivity index (χ2n) is 29.6. The van der Waals surface area contributed by atoms with Crippen LogP contribution in [0, 0.1) is 0 Å². The molecule has 24 nitrogen and oxygen atoms in total. The molecule has 0 aliphatic heterocycles. The van der Waals surface area contributed by atoms with Crippen molar-refractivity contribution >= 4 is 119 Å². The van der Waals surface area contributed by atoms with Gasteiger partial charge in [-0.1, -0.05) is 142 Å². The Kier molecular flexibility index (Phi) is 33.6. The number of phenolic OH excluding ortho intramolecular Hbond substituents is 12. The van der Waals surface area contributed by atoms with E-state index in [4.69, 9.17) is 71.2 Å². The number of aromatic hydroxyl groups is 12. The second kappa shape index (κ2) is 42.2. The van der Waals surface area contributed by atoms with Gasteiger partial charge >= 0.3 is 0 Å². The first-order valence-corrected chi connectivity index (χ1v) is 41.0. The smallest absolute Gasteiger partial charge is 0.287 e. The van der Waals surface area contributed by atoms with Crippen molar-refractivity contribution in [3.63, 3.8) is 0 Å². The Morgan fingerprint density at radius 2 is 0.839 bits per heavy atom. The van der Waals surface area contributed by atoms with E-state index in [0.717, 1.165) is 72.3 Å². The van der Waals surface area contributed by atoms with Crippen molar-refractivity contribution < 1.29 is 79.9 Å². The van der Waals surface area contributed by atoms with E-state index >= 15 is 0 Å². The summed E-state index contributed by atoms with van der Waals surface area (Å²) in [5, 5.41) is 128. The van der Waals surface area contributed by atoms with Crippen molar-refractivity contribution in [1.29, 1.82) is 0 Å². The van der Waals surface area contributed by atoms with E-state index in [0.29, 0.717) is 48.5 Å². The van der Waals surface area contributed by atoms with Crippen LogP contribution in [0.25, 0.3) is 17.1 Å². The number of nitrogens with two attached hydrogens (primary N) is 4. The standard InChI is InChI=1S/C21H22N4O3.C19H21NO2S.C17H16O5S3.C10H12O2S2.C9H11N.C9H12O2.C3H6N2O2/c1-11(2)15-9-16(18(27)10-17(15)26)20-23-24-21(19(22)28)25(20)14-7-6-12-4-3-5-13(12)8-14;1-11(2)15-9-16(18(22)10-17(15)21)19(23)20-14-7-6-12-4-3-5-13(12)8-14;1-8(2)11-6-12(15(21)7-14(11)20)17(24)25(22)16(23)10-4-3-9(18)5-13(10)19;1-5(2)6-3-7(10(13)14)9(12)4-8(6)11;10-9-5-4-7-2-1-3-8(7)6-9;1-6(2)8-4-3-7(10)5-9(8)11;4-1-2(6)3(5)7/h6-11,26-27H,3-5H2,1-2H3,(H2,22,28);6-11,21-22H,3-5H2,1-2H3,(H,20,23);3-8,18-21H,1-2H3;3-5,11-12H,1-2H3,(H,13,14);4-6H,1-3,10H2;3-6,10-11H,1-2H3;1,4H2,(H2,5,7). The first-order valence-electron chi connectivity index (χ1n) is 37.8. The molecule has 13 rings (SSSR count). The van der Waals surface area contributed by atoms with E-state index in [2.05, 4.69) is 58.1 Å². The predicted octanol–water partition coefficient (Wildman–Crippen LogP) is 15.8. The number of benzene rings is 9. The first-order chi connectivity index (χ1) is 55.5. The summed E-state index contributed by atoms with van der Waals surface area (Å²) in [6, 6.07) is 38.6. The number of ketones is 1. The Morgan fingerprint density at radius 1 is 0.441 bits per heavy atom. The molecule has 9 aromatic carbocycles. The van der Waals surface area contributed by atoms with Crippen molar-refractivity contribution in [2.75, 3.05) is 17.6 Å². The molecule has 21 N–H and O–H groups in total. The number of phenols is 12. The number of amides is 2. The summed E-state index contributed by atoms with van der Waals surface area (Å²) >= 11 is 24.7. The highest BCUT2D eigenvalue weighted by Gasteiger charge is 2.27. The number of hydrogen-bond donors (Lipinski definition) is 18. The highest BCUT2D eigenvalue weighted by Crippen LogP contribution is 2.41. The van der Waals surface area contributed by atoms with Crippen LogP contribution in [0.5, 0.6) is 69.0 Å². The number of hydrogen-bond acceptors (Lipinski definition) is 24. The molecule has 118 heavy (non-hydrogen) atoms. The van der Waals surface area contributed by atoms with Gasteiger partial charge in [0.2, 0.25) is 11.6 Å². The van der Waals surface area contributed by atoms with Gasteiger partial charge in [0.25, 0.3) is 11.8 Å². The minimum Gasteiger partial charge on any atom is -0.508 e. The average molecular weight is 1720 g/mol. The number of thiol groups is 1. The van der Waals surface area contributed by atoms with Crippen LogP contribution >= 0.6 is 61.5 Å². The monoisotopic (exact) mass is 1720 g/mol. The lowest BCUT2D eigenvalue weighted by Crippen LogP contribution is -2.29. The topological polar surface area (TPSA) is 458 Å². The summed E-state index contributed by atoms with van der Waals surface area (Å²) in [6.07, 6.45) is 10.4. The summed E-state index contributed by atoms with van der Waals surface area (Å²) in [7, 11) is -1.99. The molecule has 10 aromatic rings. The van der Waals surface area contributed by atoms with Crippen LogP contribution < -0.4 is 28.3 Å². The van der Waals surface area contributed by atoms with Gasteiger partial charge in [-0.05, 0) is 227 Å². The number of rotatable bonds is 15. The zero-order chi connectivity index (χ0) is 87.6. The molecule has 624 valence electrons. The largest absolute Gasteiger partial charge is 0.508 e. The summed E-state index contributed by atoms with van der Waals surface area (Å²) in [5.74, 6) is -2.10. The maximum atomic E-state index is 12.7. The summed E-state index contributed by atoms with van der Waals surface area (Å²) in [6.45, 7) is 19.2. The van der Waals surface area contributed by atoms with Crippen LogP contribution in [-0.2, 0) is 58.9 Å². The quantitative estimate of drug-likeness (QED) is 0.0196. The molecule has 0 spiro atoms. The fourth-order valence-electron chi connectivity index (χ4n) is 13.0. The lowest BCUT2D eigenvalue weighted by Gasteiger charge is -2.15. The fraction of sp³-hybridized carbons (Fsp3) is 0.284. The van der Waals surface area contributed by atoms with Gasteiger partial charge in [0.15, 0.2) is 5.82 Å². The Hall–Kier alpha value is -11.3. The van der Waals surface area contributed by atoms with Gasteiger partial charge in [0.1, 0.15) is 93.2 Å². The van der Waals surface area contributed by atoms with Gasteiger partial charge in [-0.15, -0.1) is 22.8 Å². The Labute approximate surface area is 714 Å². The number of Topliss-reactive ketones (excluding diaryl/α,β-unsaturated/α-hetero) is 1. The number of primary amides is 2. The zero-order valence-corrected chi connectivity index (χ0v) is 71.9. The number of nitrogens with one attached hydrogen (secondary N) is 1. The van der Waals surface area contributed by atoms with Crippen molar-refractivity contribution in [3.8, 4) is 86.1 Å². The van der Waals surface area contributed by atoms with Crippen molar-refractivity contribution in [3.05, 3.63) is 229 Å². The van der Waals surface area contributed by atoms with Gasteiger partial charge in [0.05, 0.1) is 21.9 Å². The maximum Gasteiger partial charge on any atom is 0.287 e. The number of aromatic nitrogens is 3. The normalized spacial score (nSPS) is 12.2. The van der Waals surface area contributed by atoms with Crippen LogP contribution in [0.15, 0.2) is 140 Å². The Bertz CT molecular complexity index is 5450. The average Bonchev–Trinajstić information content (AvgIpc) is 1.58. The predicted molar refractivity (Wildman–Crippen MR) is 482 cm³/mol. The van der Waals surface area contributed by atoms with E-state index in [1.165, 1.54) is 102 Å². The van der Waals surface area contributed by atoms with Crippen LogP contribution in [0.2, 0.25) is 0 Å². The van der Waals surface area contributed by atoms with E-state index in [1.807, 2.05) is 99.6 Å². The molecule has 1 aromatic heterocycles. The first kappa shape index (κ1) is 93.9. The highest BCUT2D eigenvalue weighted by molar-refractivity contribution is 8.29. The molecule has 0 saturated heterocycles. The molecule has 1 atom stereocenters. The number of nitrogen functional groups attached to an aromatic ring is 1. The number of carbonyl (C=O) groups excluding carboxylic acids is 3. The summed E-state index contributed by atoms with van der Waals surface area (Å²) in [4.78, 5) is 32.1. The lowest BCUT2D eigenvalue weighted by molar-refractivity contribution is -0.135. The van der Waals surface area contributed by atoms with Gasteiger partial charge in [-0.25, -0.2) is 4.21 Å². The van der Waals surface area contributed by atoms with Gasteiger partial charge < -0.3 is 89.5 Å². The van der Waals surface area contributed by atoms with Crippen LogP contribution in [0.3, 0.4) is 0 Å². The minimum absolute atomic E-state index is 0.00785. The third kappa shape index (κ3) is 24.4. The van der Waals surface area contributed by atoms with E-state index in [9.17, 15) is 74.8 Å². The molecule has 0 fully saturated rings. The SMILES string of the molecule is CC(C)c1cc(-c2nnc(C(N)=O)n2-c2ccc3c(c2)CCC3)c(O)cc1O.CC(C)c1cc(C(=S)Nc2ccc3c(c2)CCC3)c(O)cc1O.CC(C)c1cc(C(=S)S(=O)C(=S)c2ccc(O)cc2O)c(O)cc1O.CC(C)c1cc(C(=S)S)c(O)cc1O.CC(C)c1ccc(O)cc1O.NCC(=O)C(N)=O.Nc1ccc2c(c1)CCC2. The zero-order valence-electron chi connectivity index (χ0n) is 66.9. The van der Waals surface area contributed by atoms with Crippen molar-refractivity contribution in [2.45, 2.75) is 157 Å². The molecule has 30 heteroatoms. The third-order valence-electron chi connectivity index (χ3n) is 19.3. The molecule has 0 radical (unpaired) electrons. The van der Waals surface area contributed by atoms with Crippen LogP contribution in [-0.4, -0.2) is 122 Å². The van der Waals surface area contributed by atoms with Gasteiger partial charge in [0, 0.05) is 70.2 Å². The van der Waals surface area contributed by atoms with Crippen LogP contribution in [0.1, 0.15) is 212 Å². The molecular weight excluding hydrogens is 1620 g/mol. The molecule has 1 unspecified atom stereocenters. The second-order valence-corrected chi connectivity index (χ2v) is 33.9. The molecule has 2 amide bonds. The summed E-state index contributed by atoms with van der Waals surface area (Å²) < 4.78 is 14.3. The molecule has 1 heterocycles. The van der Waals surface area contributed by atoms with E-state index < -0.39 is 28.4 Å². The van der Waals surface area contributed by atoms with Gasteiger partial charge in [-0.3, -0.25) is 19.0 Å². The molecule has 3 aliphatic rings. The molecular formula is C88H100N8O16S6. The number of nitrogens with zero attached hydrogens (tertiary/aromatic N) is 3. The summed E-state index contributed by atoms with van der Waals surface area (Å²) in [5.41, 5.74) is 36.4. The van der Waals surface area contributed by atoms with Crippen LogP contribution in [0.4, 0.5) is 11.4 Å². The maximum absolute atomic E-state index is 12.7. The fourth-order valence-corrected chi connectivity index (χ4v) is 15.5. The lowest BCUT2D eigenvalue weighted by atomic mass is 9.98. The Balaban J connectivity index is 0.000000198. The molecule has 0 bridgehead atoms. The number of aryl methyl sites for hydroxylation is 6. The number of carbonyl (C=O) groups is 3. The minimum atomic E-state index is -1.99. The van der Waals surface area contributed by atoms with Crippen molar-refractivity contribution in [2.24, 2.45) is 17.2 Å². The Morgan fingerprint density at radius 3 is 1.31 bits per heavy atom. The number of fused-ring (bicyclic) bond motifs is 3. The van der Waals surface area contributed by atoms with E-state index in [1.54, 1.807) is 34.9 Å². The van der Waals surface area contributed by atoms with E-state index in [-0.39, 0.29) is 130 Å². The number of thiocarbonyl (C=S) groups is 4. The number of anilines is 2. The van der Waals surface area contributed by atoms with Crippen molar-refractivity contribution in [1.82, 2.24) is 14.8 Å². The van der Waals surface area contributed by atoms with Gasteiger partial charge in [-0.2, -0.15) is 0 Å². The molecule has 0 saturated carbocycles.